The molecule has 0 aromatic carbocycles. The van der Waals surface area contributed by atoms with Crippen LogP contribution < -0.4 is 5.32 Å². The van der Waals surface area contributed by atoms with Crippen molar-refractivity contribution in [2.45, 2.75) is 45.2 Å². The summed E-state index contributed by atoms with van der Waals surface area (Å²) in [5.74, 6) is 0. The molecular weight excluding hydrogens is 198 g/mol. The predicted molar refractivity (Wildman–Crippen MR) is 68.8 cm³/mol. The first-order valence-corrected chi connectivity index (χ1v) is 6.96. The number of hydrogen-bond donors (Lipinski definition) is 1. The van der Waals surface area contributed by atoms with E-state index in [9.17, 15) is 0 Å². The molecular formula is C13H27N3. The molecule has 0 amide bonds. The molecule has 0 radical (unpaired) electrons. The zero-order valence-electron chi connectivity index (χ0n) is 10.9. The van der Waals surface area contributed by atoms with Gasteiger partial charge in [0.15, 0.2) is 0 Å². The summed E-state index contributed by atoms with van der Waals surface area (Å²) in [6, 6.07) is 1.52. The van der Waals surface area contributed by atoms with Crippen LogP contribution >= 0.6 is 0 Å². The lowest BCUT2D eigenvalue weighted by atomic mass is 10.1. The molecule has 3 heteroatoms. The summed E-state index contributed by atoms with van der Waals surface area (Å²) >= 11 is 0. The van der Waals surface area contributed by atoms with Gasteiger partial charge in [-0.25, -0.2) is 0 Å². The van der Waals surface area contributed by atoms with E-state index in [0.717, 1.165) is 12.1 Å². The first-order valence-electron chi connectivity index (χ1n) is 6.96. The van der Waals surface area contributed by atoms with Gasteiger partial charge in [-0.3, -0.25) is 9.80 Å². The fourth-order valence-electron chi connectivity index (χ4n) is 2.93. The molecule has 1 unspecified atom stereocenters. The molecule has 1 N–H and O–H groups in total. The molecule has 0 spiro atoms. The first-order chi connectivity index (χ1) is 7.77. The third kappa shape index (κ3) is 3.19. The minimum atomic E-state index is 0.717. The van der Waals surface area contributed by atoms with Crippen LogP contribution in [0, 0.1) is 0 Å². The van der Waals surface area contributed by atoms with E-state index in [4.69, 9.17) is 0 Å². The Morgan fingerprint density at radius 3 is 2.50 bits per heavy atom. The molecule has 0 aromatic heterocycles. The van der Waals surface area contributed by atoms with Crippen LogP contribution in [0.15, 0.2) is 0 Å². The molecule has 2 saturated heterocycles. The predicted octanol–water partition coefficient (Wildman–Crippen LogP) is 1.15. The van der Waals surface area contributed by atoms with E-state index in [0.29, 0.717) is 0 Å². The van der Waals surface area contributed by atoms with Crippen LogP contribution in [0.1, 0.15) is 33.1 Å². The van der Waals surface area contributed by atoms with Crippen molar-refractivity contribution in [2.24, 2.45) is 0 Å². The van der Waals surface area contributed by atoms with E-state index in [2.05, 4.69) is 29.0 Å². The Balaban J connectivity index is 1.78. The van der Waals surface area contributed by atoms with E-state index in [1.54, 1.807) is 0 Å². The van der Waals surface area contributed by atoms with Gasteiger partial charge in [0.25, 0.3) is 0 Å². The first kappa shape index (κ1) is 12.3. The normalized spacial score (nSPS) is 30.6. The van der Waals surface area contributed by atoms with Crippen molar-refractivity contribution in [1.29, 1.82) is 0 Å². The fraction of sp³-hybridized carbons (Fsp3) is 1.00. The quantitative estimate of drug-likeness (QED) is 0.761. The van der Waals surface area contributed by atoms with E-state index in [1.165, 1.54) is 58.5 Å². The Kier molecular flexibility index (Phi) is 4.62. The van der Waals surface area contributed by atoms with Crippen molar-refractivity contribution in [3.8, 4) is 0 Å². The highest BCUT2D eigenvalue weighted by Crippen LogP contribution is 2.14. The third-order valence-electron chi connectivity index (χ3n) is 4.12. The third-order valence-corrected chi connectivity index (χ3v) is 4.12. The summed E-state index contributed by atoms with van der Waals surface area (Å²) in [7, 11) is 0. The van der Waals surface area contributed by atoms with Crippen LogP contribution in [0.5, 0.6) is 0 Å². The number of rotatable bonds is 2. The molecule has 2 aliphatic heterocycles. The van der Waals surface area contributed by atoms with Crippen LogP contribution in [-0.4, -0.2) is 61.2 Å². The van der Waals surface area contributed by atoms with Gasteiger partial charge in [0, 0.05) is 44.8 Å². The standard InChI is InChI=1S/C13H27N3/c1-12(2)15-7-9-16(10-8-15)13-5-3-4-6-14-11-13/h12-14H,3-11H2,1-2H3. The Morgan fingerprint density at radius 2 is 1.81 bits per heavy atom. The molecule has 0 aromatic rings. The number of nitrogens with zero attached hydrogens (tertiary/aromatic N) is 2. The van der Waals surface area contributed by atoms with Crippen molar-refractivity contribution in [3.63, 3.8) is 0 Å². The molecule has 0 aliphatic carbocycles. The fourth-order valence-corrected chi connectivity index (χ4v) is 2.93. The summed E-state index contributed by atoms with van der Waals surface area (Å²) in [5, 5.41) is 3.57. The molecule has 2 fully saturated rings. The Hall–Kier alpha value is -0.120. The minimum Gasteiger partial charge on any atom is -0.315 e. The van der Waals surface area contributed by atoms with Crippen LogP contribution in [-0.2, 0) is 0 Å². The maximum Gasteiger partial charge on any atom is 0.0221 e. The van der Waals surface area contributed by atoms with E-state index in [1.807, 2.05) is 0 Å². The SMILES string of the molecule is CC(C)N1CCN(C2CCCCNC2)CC1. The Morgan fingerprint density at radius 1 is 1.06 bits per heavy atom. The lowest BCUT2D eigenvalue weighted by Gasteiger charge is -2.40. The van der Waals surface area contributed by atoms with Gasteiger partial charge in [-0.1, -0.05) is 6.42 Å². The number of hydrogen-bond acceptors (Lipinski definition) is 3. The maximum atomic E-state index is 3.57. The Bertz CT molecular complexity index is 189. The second-order valence-electron chi connectivity index (χ2n) is 5.52. The van der Waals surface area contributed by atoms with Crippen LogP contribution in [0.4, 0.5) is 0 Å². The van der Waals surface area contributed by atoms with Crippen molar-refractivity contribution in [3.05, 3.63) is 0 Å². The molecule has 2 heterocycles. The lowest BCUT2D eigenvalue weighted by molar-refractivity contribution is 0.0762. The van der Waals surface area contributed by atoms with Gasteiger partial charge in [0.2, 0.25) is 0 Å². The van der Waals surface area contributed by atoms with Crippen molar-refractivity contribution < 1.29 is 0 Å². The van der Waals surface area contributed by atoms with Gasteiger partial charge >= 0.3 is 0 Å². The highest BCUT2D eigenvalue weighted by Gasteiger charge is 2.24. The van der Waals surface area contributed by atoms with Gasteiger partial charge in [0.1, 0.15) is 0 Å². The molecule has 2 aliphatic rings. The number of nitrogens with one attached hydrogen (secondary N) is 1. The largest absolute Gasteiger partial charge is 0.315 e. The summed E-state index contributed by atoms with van der Waals surface area (Å²) in [6.45, 7) is 12.1. The molecule has 0 bridgehead atoms. The van der Waals surface area contributed by atoms with Crippen molar-refractivity contribution in [2.75, 3.05) is 39.3 Å². The molecule has 94 valence electrons. The van der Waals surface area contributed by atoms with Crippen molar-refractivity contribution in [1.82, 2.24) is 15.1 Å². The smallest absolute Gasteiger partial charge is 0.0221 e. The van der Waals surface area contributed by atoms with Gasteiger partial charge in [-0.15, -0.1) is 0 Å². The van der Waals surface area contributed by atoms with Crippen LogP contribution in [0.25, 0.3) is 0 Å². The lowest BCUT2D eigenvalue weighted by Crippen LogP contribution is -2.53. The summed E-state index contributed by atoms with van der Waals surface area (Å²) < 4.78 is 0. The topological polar surface area (TPSA) is 18.5 Å². The second-order valence-corrected chi connectivity index (χ2v) is 5.52. The maximum absolute atomic E-state index is 3.57. The molecule has 0 saturated carbocycles. The van der Waals surface area contributed by atoms with E-state index in [-0.39, 0.29) is 0 Å². The average molecular weight is 225 g/mol. The monoisotopic (exact) mass is 225 g/mol. The highest BCUT2D eigenvalue weighted by atomic mass is 15.3. The summed E-state index contributed by atoms with van der Waals surface area (Å²) in [6.07, 6.45) is 4.17. The van der Waals surface area contributed by atoms with E-state index < -0.39 is 0 Å². The van der Waals surface area contributed by atoms with Gasteiger partial charge in [0.05, 0.1) is 0 Å². The van der Waals surface area contributed by atoms with Crippen LogP contribution in [0.3, 0.4) is 0 Å². The summed E-state index contributed by atoms with van der Waals surface area (Å²) in [5.41, 5.74) is 0. The zero-order valence-corrected chi connectivity index (χ0v) is 10.9. The highest BCUT2D eigenvalue weighted by molar-refractivity contribution is 4.82. The average Bonchev–Trinajstić information content (AvgIpc) is 2.57. The second kappa shape index (κ2) is 5.99. The Labute approximate surface area is 100 Å². The van der Waals surface area contributed by atoms with Crippen LogP contribution in [0.2, 0.25) is 0 Å². The zero-order chi connectivity index (χ0) is 11.4. The molecule has 16 heavy (non-hydrogen) atoms. The summed E-state index contributed by atoms with van der Waals surface area (Å²) in [4.78, 5) is 5.30. The minimum absolute atomic E-state index is 0.717. The molecule has 1 atom stereocenters. The van der Waals surface area contributed by atoms with Crippen molar-refractivity contribution >= 4 is 0 Å². The van der Waals surface area contributed by atoms with Gasteiger partial charge in [-0.2, -0.15) is 0 Å². The van der Waals surface area contributed by atoms with Gasteiger partial charge in [-0.05, 0) is 33.2 Å². The van der Waals surface area contributed by atoms with Gasteiger partial charge < -0.3 is 5.32 Å². The molecule has 3 nitrogen and oxygen atoms in total. The van der Waals surface area contributed by atoms with E-state index >= 15 is 0 Å². The number of piperazine rings is 1. The molecule has 2 rings (SSSR count).